The molecule has 0 unspecified atom stereocenters. The van der Waals surface area contributed by atoms with Crippen molar-refractivity contribution in [3.63, 3.8) is 0 Å². The lowest BCUT2D eigenvalue weighted by Gasteiger charge is -2.20. The van der Waals surface area contributed by atoms with Crippen LogP contribution in [0.25, 0.3) is 10.2 Å². The monoisotopic (exact) mass is 499 g/mol. The summed E-state index contributed by atoms with van der Waals surface area (Å²) in [5.74, 6) is -0.0534. The van der Waals surface area contributed by atoms with E-state index < -0.39 is 0 Å². The highest BCUT2D eigenvalue weighted by Gasteiger charge is 2.23. The minimum Gasteiger partial charge on any atom is -0.279 e. The van der Waals surface area contributed by atoms with E-state index in [1.807, 2.05) is 36.4 Å². The molecule has 2 heterocycles. The zero-order valence-electron chi connectivity index (χ0n) is 15.5. The number of fused-ring (bicyclic) bond motifs is 1. The van der Waals surface area contributed by atoms with E-state index in [0.717, 1.165) is 24.9 Å². The van der Waals surface area contributed by atoms with E-state index >= 15 is 0 Å². The molecule has 1 amide bonds. The van der Waals surface area contributed by atoms with Gasteiger partial charge in [-0.15, -0.1) is 0 Å². The molecule has 0 aliphatic carbocycles. The molecule has 0 bridgehead atoms. The molecule has 0 N–H and O–H groups in total. The van der Waals surface area contributed by atoms with Gasteiger partial charge in [-0.3, -0.25) is 14.7 Å². The Morgan fingerprint density at radius 3 is 2.71 bits per heavy atom. The van der Waals surface area contributed by atoms with Gasteiger partial charge in [0.1, 0.15) is 0 Å². The fourth-order valence-corrected chi connectivity index (χ4v) is 4.91. The molecular formula is C22H18IN3OS. The van der Waals surface area contributed by atoms with Crippen LogP contribution in [0, 0.1) is 17.4 Å². The van der Waals surface area contributed by atoms with Crippen molar-refractivity contribution in [2.45, 2.75) is 20.4 Å². The van der Waals surface area contributed by atoms with Crippen molar-refractivity contribution in [2.24, 2.45) is 0 Å². The standard InChI is InChI=1S/C22H18IN3OS/c1-14-10-15(2)20-19(11-14)28-22(25-20)26(13-16-6-5-9-24-12-16)21(27)17-7-3-4-8-18(17)23/h3-12H,13H2,1-2H3. The quantitative estimate of drug-likeness (QED) is 0.336. The molecule has 28 heavy (non-hydrogen) atoms. The number of hydrogen-bond donors (Lipinski definition) is 0. The lowest BCUT2D eigenvalue weighted by atomic mass is 10.1. The van der Waals surface area contributed by atoms with E-state index in [0.29, 0.717) is 17.2 Å². The zero-order valence-corrected chi connectivity index (χ0v) is 18.5. The molecule has 140 valence electrons. The number of thiazole rings is 1. The van der Waals surface area contributed by atoms with Gasteiger partial charge in [0.05, 0.1) is 22.3 Å². The van der Waals surface area contributed by atoms with Crippen LogP contribution >= 0.6 is 33.9 Å². The molecule has 2 aromatic heterocycles. The number of carbonyl (C=O) groups excluding carboxylic acids is 1. The second-order valence-electron chi connectivity index (χ2n) is 6.66. The molecule has 0 aliphatic rings. The highest BCUT2D eigenvalue weighted by molar-refractivity contribution is 14.1. The maximum Gasteiger partial charge on any atom is 0.261 e. The van der Waals surface area contributed by atoms with E-state index in [1.165, 1.54) is 5.56 Å². The first-order chi connectivity index (χ1) is 13.5. The van der Waals surface area contributed by atoms with Gasteiger partial charge in [-0.2, -0.15) is 0 Å². The third kappa shape index (κ3) is 3.79. The number of halogens is 1. The molecule has 2 aromatic carbocycles. The second-order valence-corrected chi connectivity index (χ2v) is 8.83. The van der Waals surface area contributed by atoms with Crippen molar-refractivity contribution in [3.8, 4) is 0 Å². The van der Waals surface area contributed by atoms with Crippen LogP contribution in [0.5, 0.6) is 0 Å². The van der Waals surface area contributed by atoms with Crippen LogP contribution in [0.2, 0.25) is 0 Å². The molecule has 0 aliphatic heterocycles. The number of amides is 1. The van der Waals surface area contributed by atoms with E-state index in [1.54, 1.807) is 28.6 Å². The molecule has 0 spiro atoms. The molecule has 4 rings (SSSR count). The average molecular weight is 499 g/mol. The molecule has 4 nitrogen and oxygen atoms in total. The molecule has 0 atom stereocenters. The SMILES string of the molecule is Cc1cc(C)c2nc(N(Cc3cccnc3)C(=O)c3ccccc3I)sc2c1. The number of anilines is 1. The van der Waals surface area contributed by atoms with Crippen molar-refractivity contribution >= 4 is 55.2 Å². The number of pyridine rings is 1. The maximum absolute atomic E-state index is 13.5. The Morgan fingerprint density at radius 2 is 1.96 bits per heavy atom. The smallest absolute Gasteiger partial charge is 0.261 e. The molecule has 4 aromatic rings. The Morgan fingerprint density at radius 1 is 1.14 bits per heavy atom. The van der Waals surface area contributed by atoms with E-state index in [4.69, 9.17) is 4.98 Å². The third-order valence-corrected chi connectivity index (χ3v) is 6.43. The third-order valence-electron chi connectivity index (χ3n) is 4.46. The Bertz CT molecular complexity index is 1160. The number of aryl methyl sites for hydroxylation is 2. The summed E-state index contributed by atoms with van der Waals surface area (Å²) >= 11 is 3.76. The summed E-state index contributed by atoms with van der Waals surface area (Å²) < 4.78 is 2.02. The summed E-state index contributed by atoms with van der Waals surface area (Å²) in [4.78, 5) is 24.2. The topological polar surface area (TPSA) is 46.1 Å². The highest BCUT2D eigenvalue weighted by atomic mass is 127. The van der Waals surface area contributed by atoms with Crippen molar-refractivity contribution in [2.75, 3.05) is 4.90 Å². The number of rotatable bonds is 4. The summed E-state index contributed by atoms with van der Waals surface area (Å²) in [6.07, 6.45) is 3.53. The van der Waals surface area contributed by atoms with Crippen molar-refractivity contribution in [3.05, 3.63) is 86.7 Å². The average Bonchev–Trinajstić information content (AvgIpc) is 3.11. The number of nitrogens with zero attached hydrogens (tertiary/aromatic N) is 3. The van der Waals surface area contributed by atoms with Crippen molar-refractivity contribution in [1.82, 2.24) is 9.97 Å². The van der Waals surface area contributed by atoms with Gasteiger partial charge < -0.3 is 0 Å². The summed E-state index contributed by atoms with van der Waals surface area (Å²) in [6.45, 7) is 4.57. The molecule has 0 fully saturated rings. The van der Waals surface area contributed by atoms with E-state index in [2.05, 4.69) is 53.6 Å². The van der Waals surface area contributed by atoms with Crippen LogP contribution in [0.15, 0.2) is 60.9 Å². The van der Waals surface area contributed by atoms with Gasteiger partial charge in [-0.05, 0) is 77.4 Å². The summed E-state index contributed by atoms with van der Waals surface area (Å²) in [6, 6.07) is 15.8. The summed E-state index contributed by atoms with van der Waals surface area (Å²) in [5.41, 5.74) is 4.92. The van der Waals surface area contributed by atoms with Gasteiger partial charge in [-0.25, -0.2) is 4.98 Å². The minimum atomic E-state index is -0.0534. The molecule has 0 saturated heterocycles. The second kappa shape index (κ2) is 7.97. The molecule has 6 heteroatoms. The fourth-order valence-electron chi connectivity index (χ4n) is 3.15. The van der Waals surface area contributed by atoms with Crippen LogP contribution < -0.4 is 4.90 Å². The van der Waals surface area contributed by atoms with E-state index in [9.17, 15) is 4.79 Å². The minimum absolute atomic E-state index is 0.0534. The molecule has 0 saturated carbocycles. The Kier molecular flexibility index (Phi) is 5.41. The van der Waals surface area contributed by atoms with Gasteiger partial charge in [0.25, 0.3) is 5.91 Å². The Hall–Kier alpha value is -2.32. The van der Waals surface area contributed by atoms with Gasteiger partial charge in [0.2, 0.25) is 0 Å². The Balaban J connectivity index is 1.82. The zero-order chi connectivity index (χ0) is 19.7. The number of hydrogen-bond acceptors (Lipinski definition) is 4. The van der Waals surface area contributed by atoms with Crippen LogP contribution in [0.3, 0.4) is 0 Å². The van der Waals surface area contributed by atoms with Crippen LogP contribution in [-0.2, 0) is 6.54 Å². The fraction of sp³-hybridized carbons (Fsp3) is 0.136. The number of carbonyl (C=O) groups is 1. The lowest BCUT2D eigenvalue weighted by Crippen LogP contribution is -2.31. The Labute approximate surface area is 181 Å². The van der Waals surface area contributed by atoms with Gasteiger partial charge in [-0.1, -0.05) is 35.6 Å². The molecular weight excluding hydrogens is 481 g/mol. The summed E-state index contributed by atoms with van der Waals surface area (Å²) in [7, 11) is 0. The first kappa shape index (κ1) is 19.0. The van der Waals surface area contributed by atoms with Crippen LogP contribution in [0.1, 0.15) is 27.0 Å². The summed E-state index contributed by atoms with van der Waals surface area (Å²) in [5, 5.41) is 0.706. The predicted molar refractivity (Wildman–Crippen MR) is 123 cm³/mol. The number of aromatic nitrogens is 2. The van der Waals surface area contributed by atoms with Crippen LogP contribution in [-0.4, -0.2) is 15.9 Å². The van der Waals surface area contributed by atoms with Gasteiger partial charge in [0.15, 0.2) is 5.13 Å². The van der Waals surface area contributed by atoms with Crippen molar-refractivity contribution in [1.29, 1.82) is 0 Å². The van der Waals surface area contributed by atoms with Gasteiger partial charge in [0, 0.05) is 16.0 Å². The maximum atomic E-state index is 13.5. The normalized spacial score (nSPS) is 11.0. The molecule has 0 radical (unpaired) electrons. The van der Waals surface area contributed by atoms with Crippen LogP contribution in [0.4, 0.5) is 5.13 Å². The van der Waals surface area contributed by atoms with Gasteiger partial charge >= 0.3 is 0 Å². The van der Waals surface area contributed by atoms with E-state index in [-0.39, 0.29) is 5.91 Å². The predicted octanol–water partition coefficient (Wildman–Crippen LogP) is 5.76. The number of benzene rings is 2. The first-order valence-corrected chi connectivity index (χ1v) is 10.8. The highest BCUT2D eigenvalue weighted by Crippen LogP contribution is 2.33. The first-order valence-electron chi connectivity index (χ1n) is 8.86. The largest absolute Gasteiger partial charge is 0.279 e. The lowest BCUT2D eigenvalue weighted by molar-refractivity contribution is 0.0984. The van der Waals surface area contributed by atoms with Crippen molar-refractivity contribution < 1.29 is 4.79 Å².